The predicted molar refractivity (Wildman–Crippen MR) is 155 cm³/mol. The second-order valence-corrected chi connectivity index (χ2v) is 12.0. The first kappa shape index (κ1) is 33.7. The first-order valence-electron chi connectivity index (χ1n) is 14.1. The van der Waals surface area contributed by atoms with E-state index in [0.29, 0.717) is 55.4 Å². The number of furan rings is 1. The molecule has 11 heteroatoms. The molecule has 0 fully saturated rings. The molecule has 8 nitrogen and oxygen atoms in total. The first-order chi connectivity index (χ1) is 19.5. The summed E-state index contributed by atoms with van der Waals surface area (Å²) in [5, 5.41) is 21.4. The molecular formula is C31H43F3N2O6. The van der Waals surface area contributed by atoms with E-state index in [9.17, 15) is 23.4 Å². The summed E-state index contributed by atoms with van der Waals surface area (Å²) >= 11 is 0. The SMILES string of the molecule is CC(C)(N)CC(OCCCC(O)C(O)CCCOc1ccc2cc(-c3ccccc3OC(F)(F)F)oc2c1)C(C)(C)N. The molecule has 0 spiro atoms. The predicted octanol–water partition coefficient (Wildman–Crippen LogP) is 5.91. The number of rotatable bonds is 16. The molecule has 3 unspecified atom stereocenters. The quantitative estimate of drug-likeness (QED) is 0.150. The number of hydrogen-bond donors (Lipinski definition) is 4. The van der Waals surface area contributed by atoms with Crippen molar-refractivity contribution in [2.75, 3.05) is 13.2 Å². The minimum absolute atomic E-state index is 0.176. The van der Waals surface area contributed by atoms with Crippen molar-refractivity contribution in [2.24, 2.45) is 11.5 Å². The van der Waals surface area contributed by atoms with Crippen LogP contribution in [0.4, 0.5) is 13.2 Å². The van der Waals surface area contributed by atoms with Crippen molar-refractivity contribution < 1.29 is 42.0 Å². The second-order valence-electron chi connectivity index (χ2n) is 12.0. The van der Waals surface area contributed by atoms with Crippen molar-refractivity contribution in [3.05, 3.63) is 48.5 Å². The average molecular weight is 597 g/mol. The third kappa shape index (κ3) is 10.8. The maximum atomic E-state index is 12.8. The number of aliphatic hydroxyl groups excluding tert-OH is 2. The zero-order valence-corrected chi connectivity index (χ0v) is 24.6. The summed E-state index contributed by atoms with van der Waals surface area (Å²) in [6.45, 7) is 8.32. The lowest BCUT2D eigenvalue weighted by Gasteiger charge is -2.35. The zero-order chi connectivity index (χ0) is 31.1. The lowest BCUT2D eigenvalue weighted by Crippen LogP contribution is -2.51. The highest BCUT2D eigenvalue weighted by Crippen LogP contribution is 2.37. The van der Waals surface area contributed by atoms with Gasteiger partial charge in [-0.05, 0) is 90.1 Å². The van der Waals surface area contributed by atoms with Gasteiger partial charge in [-0.3, -0.25) is 0 Å². The molecule has 1 heterocycles. The molecular weight excluding hydrogens is 553 g/mol. The Kier molecular flexibility index (Phi) is 11.3. The molecule has 6 N–H and O–H groups in total. The normalized spacial score (nSPS) is 15.0. The van der Waals surface area contributed by atoms with Gasteiger partial charge in [0, 0.05) is 29.1 Å². The van der Waals surface area contributed by atoms with Gasteiger partial charge >= 0.3 is 6.36 Å². The molecule has 3 aromatic rings. The molecule has 0 bridgehead atoms. The van der Waals surface area contributed by atoms with Crippen LogP contribution in [0.15, 0.2) is 52.9 Å². The first-order valence-corrected chi connectivity index (χ1v) is 14.1. The molecule has 0 aliphatic rings. The summed E-state index contributed by atoms with van der Waals surface area (Å²) in [7, 11) is 0. The van der Waals surface area contributed by atoms with Gasteiger partial charge in [0.2, 0.25) is 0 Å². The van der Waals surface area contributed by atoms with Crippen molar-refractivity contribution in [1.82, 2.24) is 0 Å². The molecule has 0 aliphatic carbocycles. The van der Waals surface area contributed by atoms with E-state index in [4.69, 9.17) is 25.4 Å². The number of para-hydroxylation sites is 1. The molecule has 42 heavy (non-hydrogen) atoms. The van der Waals surface area contributed by atoms with E-state index in [0.717, 1.165) is 0 Å². The van der Waals surface area contributed by atoms with Gasteiger partial charge in [0.15, 0.2) is 0 Å². The van der Waals surface area contributed by atoms with E-state index in [1.807, 2.05) is 27.7 Å². The summed E-state index contributed by atoms with van der Waals surface area (Å²) in [6.07, 6.45) is -4.50. The van der Waals surface area contributed by atoms with Crippen LogP contribution in [-0.2, 0) is 4.74 Å². The molecule has 234 valence electrons. The standard InChI is InChI=1S/C31H43F3N2O6/c1-29(2,35)19-28(30(3,4)36)40-16-8-11-24(38)23(37)10-7-15-39-21-14-13-20-17-27(41-26(20)18-21)22-9-5-6-12-25(22)42-31(32,33)34/h5-6,9,12-14,17-18,23-24,28,37-38H,7-8,10-11,15-16,19,35-36H2,1-4H3. The van der Waals surface area contributed by atoms with Crippen LogP contribution in [0.5, 0.6) is 11.5 Å². The Morgan fingerprint density at radius 3 is 2.14 bits per heavy atom. The van der Waals surface area contributed by atoms with Gasteiger partial charge in [-0.15, -0.1) is 13.2 Å². The van der Waals surface area contributed by atoms with Gasteiger partial charge in [-0.25, -0.2) is 0 Å². The summed E-state index contributed by atoms with van der Waals surface area (Å²) in [5.74, 6) is 0.386. The smallest absolute Gasteiger partial charge is 0.493 e. The Morgan fingerprint density at radius 1 is 0.881 bits per heavy atom. The molecule has 0 saturated carbocycles. The van der Waals surface area contributed by atoms with Gasteiger partial charge in [0.05, 0.1) is 30.5 Å². The van der Waals surface area contributed by atoms with Crippen LogP contribution >= 0.6 is 0 Å². The number of benzene rings is 2. The van der Waals surface area contributed by atoms with Crippen molar-refractivity contribution in [3.8, 4) is 22.8 Å². The van der Waals surface area contributed by atoms with E-state index in [-0.39, 0.29) is 29.8 Å². The van der Waals surface area contributed by atoms with E-state index in [1.165, 1.54) is 18.2 Å². The number of alkyl halides is 3. The van der Waals surface area contributed by atoms with Crippen LogP contribution < -0.4 is 20.9 Å². The van der Waals surface area contributed by atoms with Crippen LogP contribution in [0.3, 0.4) is 0 Å². The zero-order valence-electron chi connectivity index (χ0n) is 24.6. The highest BCUT2D eigenvalue weighted by Gasteiger charge is 2.33. The van der Waals surface area contributed by atoms with Crippen LogP contribution in [0.2, 0.25) is 0 Å². The van der Waals surface area contributed by atoms with Crippen LogP contribution in [0.1, 0.15) is 59.8 Å². The maximum Gasteiger partial charge on any atom is 0.573 e. The van der Waals surface area contributed by atoms with Crippen molar-refractivity contribution in [1.29, 1.82) is 0 Å². The number of hydrogen-bond acceptors (Lipinski definition) is 8. The summed E-state index contributed by atoms with van der Waals surface area (Å²) < 4.78 is 60.1. The molecule has 2 aromatic carbocycles. The fourth-order valence-electron chi connectivity index (χ4n) is 4.52. The van der Waals surface area contributed by atoms with Gasteiger partial charge in [-0.2, -0.15) is 0 Å². The fraction of sp³-hybridized carbons (Fsp3) is 0.548. The lowest BCUT2D eigenvalue weighted by atomic mass is 9.87. The summed E-state index contributed by atoms with van der Waals surface area (Å²) in [6, 6.07) is 12.5. The van der Waals surface area contributed by atoms with E-state index in [2.05, 4.69) is 4.74 Å². The van der Waals surface area contributed by atoms with Gasteiger partial charge in [0.1, 0.15) is 22.8 Å². The lowest BCUT2D eigenvalue weighted by molar-refractivity contribution is -0.274. The number of ether oxygens (including phenoxy) is 3. The van der Waals surface area contributed by atoms with Crippen molar-refractivity contribution in [3.63, 3.8) is 0 Å². The molecule has 0 amide bonds. The second kappa shape index (κ2) is 14.1. The largest absolute Gasteiger partial charge is 0.573 e. The Balaban J connectivity index is 1.44. The molecule has 0 aliphatic heterocycles. The molecule has 1 aromatic heterocycles. The highest BCUT2D eigenvalue weighted by molar-refractivity contribution is 5.85. The average Bonchev–Trinajstić information content (AvgIpc) is 3.29. The van der Waals surface area contributed by atoms with Gasteiger partial charge in [0.25, 0.3) is 0 Å². The Labute approximate surface area is 244 Å². The Hall–Kier alpha value is -2.83. The van der Waals surface area contributed by atoms with Gasteiger partial charge in [-0.1, -0.05) is 12.1 Å². The number of halogens is 3. The Bertz CT molecular complexity index is 1270. The minimum Gasteiger partial charge on any atom is -0.493 e. The van der Waals surface area contributed by atoms with Crippen molar-refractivity contribution in [2.45, 2.75) is 95.6 Å². The molecule has 0 radical (unpaired) electrons. The minimum atomic E-state index is -4.82. The fourth-order valence-corrected chi connectivity index (χ4v) is 4.52. The number of nitrogens with two attached hydrogens (primary N) is 2. The number of aliphatic hydroxyl groups is 2. The monoisotopic (exact) mass is 596 g/mol. The molecule has 3 rings (SSSR count). The maximum absolute atomic E-state index is 12.8. The van der Waals surface area contributed by atoms with Gasteiger partial charge < -0.3 is 40.3 Å². The molecule has 3 atom stereocenters. The topological polar surface area (TPSA) is 133 Å². The molecule has 0 saturated heterocycles. The highest BCUT2D eigenvalue weighted by atomic mass is 19.4. The van der Waals surface area contributed by atoms with Crippen molar-refractivity contribution >= 4 is 11.0 Å². The van der Waals surface area contributed by atoms with Crippen LogP contribution in [0, 0.1) is 0 Å². The van der Waals surface area contributed by atoms with Crippen LogP contribution in [-0.4, -0.2) is 59.2 Å². The third-order valence-corrected chi connectivity index (χ3v) is 6.73. The third-order valence-electron chi connectivity index (χ3n) is 6.73. The van der Waals surface area contributed by atoms with Crippen LogP contribution in [0.25, 0.3) is 22.3 Å². The summed E-state index contributed by atoms with van der Waals surface area (Å²) in [4.78, 5) is 0. The summed E-state index contributed by atoms with van der Waals surface area (Å²) in [5.41, 5.74) is 12.0. The number of fused-ring (bicyclic) bond motifs is 1. The van der Waals surface area contributed by atoms with E-state index >= 15 is 0 Å². The van der Waals surface area contributed by atoms with E-state index in [1.54, 1.807) is 30.3 Å². The van der Waals surface area contributed by atoms with E-state index < -0.39 is 29.6 Å². The Morgan fingerprint density at radius 2 is 1.52 bits per heavy atom.